The van der Waals surface area contributed by atoms with Gasteiger partial charge in [0.05, 0.1) is 13.2 Å². The first-order chi connectivity index (χ1) is 11.7. The van der Waals surface area contributed by atoms with Crippen molar-refractivity contribution in [2.24, 2.45) is 0 Å². The monoisotopic (exact) mass is 393 g/mol. The van der Waals surface area contributed by atoms with Gasteiger partial charge in [0.2, 0.25) is 0 Å². The van der Waals surface area contributed by atoms with Gasteiger partial charge in [0.1, 0.15) is 6.61 Å². The fourth-order valence-electron chi connectivity index (χ4n) is 2.23. The summed E-state index contributed by atoms with van der Waals surface area (Å²) < 4.78 is 17.8. The van der Waals surface area contributed by atoms with Crippen molar-refractivity contribution >= 4 is 15.9 Å². The van der Waals surface area contributed by atoms with Gasteiger partial charge in [0.15, 0.2) is 11.5 Å². The molecule has 0 aliphatic heterocycles. The number of halogens is 1. The normalized spacial score (nSPS) is 10.6. The van der Waals surface area contributed by atoms with E-state index in [9.17, 15) is 0 Å². The lowest BCUT2D eigenvalue weighted by Crippen LogP contribution is -2.18. The van der Waals surface area contributed by atoms with Crippen LogP contribution in [0.15, 0.2) is 46.9 Å². The van der Waals surface area contributed by atoms with E-state index in [0.29, 0.717) is 19.8 Å². The molecule has 5 heteroatoms. The number of methoxy groups -OCH3 is 1. The van der Waals surface area contributed by atoms with E-state index in [-0.39, 0.29) is 0 Å². The van der Waals surface area contributed by atoms with Crippen molar-refractivity contribution in [2.75, 3.05) is 26.9 Å². The summed E-state index contributed by atoms with van der Waals surface area (Å²) in [6.07, 6.45) is 0. The summed E-state index contributed by atoms with van der Waals surface area (Å²) in [4.78, 5) is 0. The Balaban J connectivity index is 2.07. The van der Waals surface area contributed by atoms with Gasteiger partial charge in [-0.2, -0.15) is 0 Å². The van der Waals surface area contributed by atoms with Gasteiger partial charge in [-0.25, -0.2) is 0 Å². The molecule has 4 nitrogen and oxygen atoms in total. The molecular weight excluding hydrogens is 370 g/mol. The van der Waals surface area contributed by atoms with Gasteiger partial charge >= 0.3 is 0 Å². The van der Waals surface area contributed by atoms with E-state index in [1.54, 1.807) is 7.11 Å². The number of ether oxygens (including phenoxy) is 3. The predicted octanol–water partition coefficient (Wildman–Crippen LogP) is 4.16. The number of hydrogen-bond donors (Lipinski definition) is 1. The van der Waals surface area contributed by atoms with Crippen LogP contribution in [-0.2, 0) is 17.9 Å². The number of nitrogens with one attached hydrogen (secondary N) is 1. The molecule has 0 radical (unpaired) electrons. The van der Waals surface area contributed by atoms with Gasteiger partial charge in [0.25, 0.3) is 0 Å². The Labute approximate surface area is 152 Å². The summed E-state index contributed by atoms with van der Waals surface area (Å²) in [6, 6.07) is 14.1. The maximum absolute atomic E-state index is 5.96. The molecule has 2 aromatic carbocycles. The third-order valence-electron chi connectivity index (χ3n) is 3.45. The molecule has 0 bridgehead atoms. The predicted molar refractivity (Wildman–Crippen MR) is 99.7 cm³/mol. The molecule has 1 N–H and O–H groups in total. The van der Waals surface area contributed by atoms with Gasteiger partial charge in [-0.3, -0.25) is 0 Å². The summed E-state index contributed by atoms with van der Waals surface area (Å²) >= 11 is 3.62. The van der Waals surface area contributed by atoms with Crippen LogP contribution in [0.4, 0.5) is 0 Å². The van der Waals surface area contributed by atoms with Crippen LogP contribution < -0.4 is 14.8 Å². The average Bonchev–Trinajstić information content (AvgIpc) is 2.60. The maximum atomic E-state index is 5.96. The van der Waals surface area contributed by atoms with Crippen LogP contribution in [0.1, 0.15) is 18.1 Å². The highest BCUT2D eigenvalue weighted by Gasteiger charge is 2.11. The summed E-state index contributed by atoms with van der Waals surface area (Å²) in [5.74, 6) is 1.51. The molecule has 130 valence electrons. The molecule has 2 rings (SSSR count). The van der Waals surface area contributed by atoms with Crippen molar-refractivity contribution in [1.82, 2.24) is 5.32 Å². The van der Waals surface area contributed by atoms with E-state index in [4.69, 9.17) is 14.2 Å². The standard InChI is InChI=1S/C19H24BrNO3/c1-3-23-18-11-16(13-21-9-10-22-2)17(20)12-19(18)24-14-15-7-5-4-6-8-15/h4-8,11-12,21H,3,9-10,13-14H2,1-2H3. The lowest BCUT2D eigenvalue weighted by molar-refractivity contribution is 0.199. The van der Waals surface area contributed by atoms with E-state index < -0.39 is 0 Å². The van der Waals surface area contributed by atoms with E-state index in [0.717, 1.165) is 40.2 Å². The Morgan fingerprint density at radius 3 is 2.50 bits per heavy atom. The quantitative estimate of drug-likeness (QED) is 0.615. The summed E-state index contributed by atoms with van der Waals surface area (Å²) in [5.41, 5.74) is 2.25. The Bertz CT molecular complexity index is 620. The SMILES string of the molecule is CCOc1cc(CNCCOC)c(Br)cc1OCc1ccccc1. The van der Waals surface area contributed by atoms with Crippen LogP contribution in [-0.4, -0.2) is 26.9 Å². The topological polar surface area (TPSA) is 39.7 Å². The number of hydrogen-bond acceptors (Lipinski definition) is 4. The van der Waals surface area contributed by atoms with Crippen LogP contribution in [0, 0.1) is 0 Å². The van der Waals surface area contributed by atoms with Gasteiger partial charge in [-0.15, -0.1) is 0 Å². The van der Waals surface area contributed by atoms with Crippen LogP contribution in [0.2, 0.25) is 0 Å². The first kappa shape index (κ1) is 18.8. The lowest BCUT2D eigenvalue weighted by atomic mass is 10.2. The zero-order chi connectivity index (χ0) is 17.2. The van der Waals surface area contributed by atoms with Crippen molar-refractivity contribution in [2.45, 2.75) is 20.1 Å². The van der Waals surface area contributed by atoms with Crippen LogP contribution >= 0.6 is 15.9 Å². The Morgan fingerprint density at radius 1 is 1.04 bits per heavy atom. The molecule has 0 heterocycles. The van der Waals surface area contributed by atoms with E-state index in [1.165, 1.54) is 0 Å². The molecule has 0 aromatic heterocycles. The van der Waals surface area contributed by atoms with Crippen LogP contribution in [0.25, 0.3) is 0 Å². The van der Waals surface area contributed by atoms with Crippen molar-refractivity contribution in [3.05, 3.63) is 58.1 Å². The molecule has 0 aliphatic rings. The third kappa shape index (κ3) is 5.82. The molecule has 0 atom stereocenters. The Morgan fingerprint density at radius 2 is 1.79 bits per heavy atom. The molecular formula is C19H24BrNO3. The van der Waals surface area contributed by atoms with Gasteiger partial charge in [-0.1, -0.05) is 46.3 Å². The Kier molecular flexibility index (Phi) is 8.08. The first-order valence-electron chi connectivity index (χ1n) is 8.06. The van der Waals surface area contributed by atoms with Crippen molar-refractivity contribution in [1.29, 1.82) is 0 Å². The highest BCUT2D eigenvalue weighted by Crippen LogP contribution is 2.34. The van der Waals surface area contributed by atoms with Gasteiger partial charge in [-0.05, 0) is 30.2 Å². The fourth-order valence-corrected chi connectivity index (χ4v) is 2.69. The number of benzene rings is 2. The fraction of sp³-hybridized carbons (Fsp3) is 0.368. The van der Waals surface area contributed by atoms with Crippen molar-refractivity contribution < 1.29 is 14.2 Å². The molecule has 0 unspecified atom stereocenters. The third-order valence-corrected chi connectivity index (χ3v) is 4.19. The minimum Gasteiger partial charge on any atom is -0.490 e. The van der Waals surface area contributed by atoms with E-state index in [2.05, 4.69) is 21.2 Å². The summed E-state index contributed by atoms with van der Waals surface area (Å²) in [7, 11) is 1.70. The summed E-state index contributed by atoms with van der Waals surface area (Å²) in [5, 5.41) is 3.34. The average molecular weight is 394 g/mol. The van der Waals surface area contributed by atoms with Crippen molar-refractivity contribution in [3.63, 3.8) is 0 Å². The van der Waals surface area contributed by atoms with E-state index >= 15 is 0 Å². The zero-order valence-corrected chi connectivity index (χ0v) is 15.8. The first-order valence-corrected chi connectivity index (χ1v) is 8.85. The van der Waals surface area contributed by atoms with Gasteiger partial charge in [0, 0.05) is 24.7 Å². The van der Waals surface area contributed by atoms with Crippen LogP contribution in [0.5, 0.6) is 11.5 Å². The second-order valence-electron chi connectivity index (χ2n) is 5.27. The zero-order valence-electron chi connectivity index (χ0n) is 14.2. The highest BCUT2D eigenvalue weighted by atomic mass is 79.9. The lowest BCUT2D eigenvalue weighted by Gasteiger charge is -2.15. The molecule has 24 heavy (non-hydrogen) atoms. The van der Waals surface area contributed by atoms with E-state index in [1.807, 2.05) is 49.4 Å². The molecule has 0 saturated heterocycles. The molecule has 0 aliphatic carbocycles. The minimum atomic E-state index is 0.513. The van der Waals surface area contributed by atoms with Crippen molar-refractivity contribution in [3.8, 4) is 11.5 Å². The number of rotatable bonds is 10. The highest BCUT2D eigenvalue weighted by molar-refractivity contribution is 9.10. The molecule has 0 spiro atoms. The largest absolute Gasteiger partial charge is 0.490 e. The van der Waals surface area contributed by atoms with Crippen LogP contribution in [0.3, 0.4) is 0 Å². The smallest absolute Gasteiger partial charge is 0.162 e. The molecule has 2 aromatic rings. The second-order valence-corrected chi connectivity index (χ2v) is 6.12. The second kappa shape index (κ2) is 10.3. The maximum Gasteiger partial charge on any atom is 0.162 e. The minimum absolute atomic E-state index is 0.513. The molecule has 0 saturated carbocycles. The Hall–Kier alpha value is -1.56. The molecule has 0 amide bonds. The van der Waals surface area contributed by atoms with Gasteiger partial charge < -0.3 is 19.5 Å². The summed E-state index contributed by atoms with van der Waals surface area (Å²) in [6.45, 7) is 5.31. The molecule has 0 fully saturated rings.